The fourth-order valence-electron chi connectivity index (χ4n) is 2.60. The summed E-state index contributed by atoms with van der Waals surface area (Å²) in [5.41, 5.74) is 0.778. The number of nitrogens with one attached hydrogen (secondary N) is 3. The number of benzene rings is 1. The molecule has 0 spiro atoms. The molecule has 11 nitrogen and oxygen atoms in total. The zero-order valence-corrected chi connectivity index (χ0v) is 18.4. The van der Waals surface area contributed by atoms with Crippen LogP contribution in [0, 0.1) is 5.92 Å². The van der Waals surface area contributed by atoms with E-state index in [0.29, 0.717) is 0 Å². The van der Waals surface area contributed by atoms with E-state index in [2.05, 4.69) is 20.7 Å². The molecule has 0 saturated carbocycles. The predicted molar refractivity (Wildman–Crippen MR) is 112 cm³/mol. The Morgan fingerprint density at radius 1 is 0.938 bits per heavy atom. The minimum absolute atomic E-state index is 0.0242. The van der Waals surface area contributed by atoms with Crippen molar-refractivity contribution in [3.05, 3.63) is 35.9 Å². The maximum Gasteiger partial charge on any atom is 0.408 e. The van der Waals surface area contributed by atoms with Crippen molar-refractivity contribution in [2.45, 2.75) is 51.9 Å². The first kappa shape index (κ1) is 26.4. The Hall–Kier alpha value is -3.63. The van der Waals surface area contributed by atoms with Crippen molar-refractivity contribution in [3.63, 3.8) is 0 Å². The van der Waals surface area contributed by atoms with Crippen LogP contribution >= 0.6 is 0 Å². The molecule has 0 fully saturated rings. The molecule has 0 saturated heterocycles. The van der Waals surface area contributed by atoms with Crippen LogP contribution in [0.3, 0.4) is 0 Å². The van der Waals surface area contributed by atoms with Gasteiger partial charge < -0.3 is 30.5 Å². The number of carboxylic acid groups (broad SMARTS) is 1. The van der Waals surface area contributed by atoms with Crippen LogP contribution < -0.4 is 16.0 Å². The maximum atomic E-state index is 12.6. The number of rotatable bonds is 11. The lowest BCUT2D eigenvalue weighted by molar-refractivity contribution is -0.149. The van der Waals surface area contributed by atoms with E-state index in [9.17, 15) is 24.0 Å². The number of esters is 1. The van der Waals surface area contributed by atoms with Crippen molar-refractivity contribution in [2.24, 2.45) is 5.92 Å². The van der Waals surface area contributed by atoms with E-state index < -0.39 is 54.4 Å². The Bertz CT molecular complexity index is 813. The van der Waals surface area contributed by atoms with Crippen molar-refractivity contribution >= 4 is 29.8 Å². The molecule has 3 atom stereocenters. The van der Waals surface area contributed by atoms with E-state index in [0.717, 1.165) is 12.7 Å². The molecule has 176 valence electrons. The van der Waals surface area contributed by atoms with Gasteiger partial charge >= 0.3 is 18.0 Å². The number of hydrogen-bond acceptors (Lipinski definition) is 7. The van der Waals surface area contributed by atoms with Crippen molar-refractivity contribution in [1.29, 1.82) is 0 Å². The first-order valence-corrected chi connectivity index (χ1v) is 9.92. The van der Waals surface area contributed by atoms with E-state index in [1.807, 2.05) is 6.07 Å². The molecule has 32 heavy (non-hydrogen) atoms. The minimum atomic E-state index is -1.41. The van der Waals surface area contributed by atoms with Gasteiger partial charge in [-0.25, -0.2) is 9.59 Å². The standard InChI is InChI=1S/C21H29N3O8/c1-12(2)17(24-21(30)32-11-14-8-6-5-7-9-14)19(28)22-13(3)18(27)23-15(10-16(25)26)20(29)31-4/h5-9,12-13,15,17H,10-11H2,1-4H3,(H,22,28)(H,23,27)(H,24,30)(H,25,26)/t13-,15-,17-/m0/s1. The number of hydrogen-bond donors (Lipinski definition) is 4. The monoisotopic (exact) mass is 451 g/mol. The number of ether oxygens (including phenoxy) is 2. The van der Waals surface area contributed by atoms with E-state index in [4.69, 9.17) is 9.84 Å². The first-order valence-electron chi connectivity index (χ1n) is 9.92. The van der Waals surface area contributed by atoms with Gasteiger partial charge in [-0.2, -0.15) is 0 Å². The average molecular weight is 451 g/mol. The zero-order chi connectivity index (χ0) is 24.3. The largest absolute Gasteiger partial charge is 0.481 e. The molecule has 1 aromatic carbocycles. The number of methoxy groups -OCH3 is 1. The fourth-order valence-corrected chi connectivity index (χ4v) is 2.60. The summed E-state index contributed by atoms with van der Waals surface area (Å²) in [4.78, 5) is 59.6. The zero-order valence-electron chi connectivity index (χ0n) is 18.4. The molecule has 0 aromatic heterocycles. The topological polar surface area (TPSA) is 160 Å². The van der Waals surface area contributed by atoms with E-state index in [1.54, 1.807) is 38.1 Å². The average Bonchev–Trinajstić information content (AvgIpc) is 2.74. The first-order chi connectivity index (χ1) is 15.0. The number of amides is 3. The van der Waals surface area contributed by atoms with Gasteiger partial charge in [0.05, 0.1) is 13.5 Å². The molecule has 0 radical (unpaired) electrons. The Kier molecular flexibility index (Phi) is 10.7. The van der Waals surface area contributed by atoms with Crippen LogP contribution in [0.2, 0.25) is 0 Å². The second kappa shape index (κ2) is 12.9. The number of carboxylic acids is 1. The van der Waals surface area contributed by atoms with Crippen molar-refractivity contribution < 1.29 is 38.6 Å². The van der Waals surface area contributed by atoms with Gasteiger partial charge in [0.25, 0.3) is 0 Å². The summed E-state index contributed by atoms with van der Waals surface area (Å²) in [6, 6.07) is 5.48. The van der Waals surface area contributed by atoms with Crippen molar-refractivity contribution in [1.82, 2.24) is 16.0 Å². The third-order valence-corrected chi connectivity index (χ3v) is 4.37. The Labute approximate surface area is 185 Å². The maximum absolute atomic E-state index is 12.6. The van der Waals surface area contributed by atoms with E-state index in [-0.39, 0.29) is 12.5 Å². The Morgan fingerprint density at radius 3 is 2.09 bits per heavy atom. The van der Waals surface area contributed by atoms with Crippen LogP contribution in [0.4, 0.5) is 4.79 Å². The van der Waals surface area contributed by atoms with Gasteiger partial charge in [0, 0.05) is 0 Å². The van der Waals surface area contributed by atoms with Gasteiger partial charge in [-0.1, -0.05) is 44.2 Å². The van der Waals surface area contributed by atoms with Crippen LogP contribution in [0.1, 0.15) is 32.8 Å². The van der Waals surface area contributed by atoms with Gasteiger partial charge in [-0.15, -0.1) is 0 Å². The van der Waals surface area contributed by atoms with Crippen molar-refractivity contribution in [2.75, 3.05) is 7.11 Å². The van der Waals surface area contributed by atoms with Crippen LogP contribution in [0.15, 0.2) is 30.3 Å². The number of alkyl carbamates (subject to hydrolysis) is 1. The number of aliphatic carboxylic acids is 1. The molecule has 11 heteroatoms. The Balaban J connectivity index is 2.67. The third-order valence-electron chi connectivity index (χ3n) is 4.37. The normalized spacial score (nSPS) is 13.3. The molecule has 0 heterocycles. The molecule has 0 aliphatic heterocycles. The smallest absolute Gasteiger partial charge is 0.408 e. The van der Waals surface area contributed by atoms with Gasteiger partial charge in [-0.3, -0.25) is 14.4 Å². The second-order valence-corrected chi connectivity index (χ2v) is 7.34. The summed E-state index contributed by atoms with van der Waals surface area (Å²) in [6.07, 6.45) is -1.48. The lowest BCUT2D eigenvalue weighted by Crippen LogP contribution is -2.56. The third kappa shape index (κ3) is 9.02. The highest BCUT2D eigenvalue weighted by Gasteiger charge is 2.30. The molecule has 0 aliphatic rings. The molecular formula is C21H29N3O8. The number of carbonyl (C=O) groups excluding carboxylic acids is 4. The molecule has 1 aromatic rings. The molecule has 1 rings (SSSR count). The summed E-state index contributed by atoms with van der Waals surface area (Å²) < 4.78 is 9.60. The van der Waals surface area contributed by atoms with Gasteiger partial charge in [-0.05, 0) is 18.4 Å². The highest BCUT2D eigenvalue weighted by Crippen LogP contribution is 2.05. The highest BCUT2D eigenvalue weighted by atomic mass is 16.5. The summed E-state index contributed by atoms with van der Waals surface area (Å²) in [6.45, 7) is 4.78. The second-order valence-electron chi connectivity index (χ2n) is 7.34. The van der Waals surface area contributed by atoms with E-state index in [1.165, 1.54) is 6.92 Å². The minimum Gasteiger partial charge on any atom is -0.481 e. The molecule has 0 aliphatic carbocycles. The van der Waals surface area contributed by atoms with Gasteiger partial charge in [0.1, 0.15) is 24.7 Å². The van der Waals surface area contributed by atoms with Crippen molar-refractivity contribution in [3.8, 4) is 0 Å². The molecule has 4 N–H and O–H groups in total. The molecular weight excluding hydrogens is 422 g/mol. The highest BCUT2D eigenvalue weighted by molar-refractivity contribution is 5.93. The molecule has 3 amide bonds. The summed E-state index contributed by atoms with van der Waals surface area (Å²) >= 11 is 0. The quantitative estimate of drug-likeness (QED) is 0.355. The summed E-state index contributed by atoms with van der Waals surface area (Å²) in [5, 5.41) is 16.0. The lowest BCUT2D eigenvalue weighted by Gasteiger charge is -2.24. The Morgan fingerprint density at radius 2 is 1.56 bits per heavy atom. The van der Waals surface area contributed by atoms with Gasteiger partial charge in [0.2, 0.25) is 11.8 Å². The predicted octanol–water partition coefficient (Wildman–Crippen LogP) is 0.575. The molecule has 0 unspecified atom stereocenters. The summed E-state index contributed by atoms with van der Waals surface area (Å²) in [7, 11) is 1.06. The van der Waals surface area contributed by atoms with Crippen LogP contribution in [-0.2, 0) is 35.3 Å². The van der Waals surface area contributed by atoms with Crippen LogP contribution in [-0.4, -0.2) is 60.2 Å². The van der Waals surface area contributed by atoms with Crippen LogP contribution in [0.25, 0.3) is 0 Å². The van der Waals surface area contributed by atoms with Gasteiger partial charge in [0.15, 0.2) is 0 Å². The summed E-state index contributed by atoms with van der Waals surface area (Å²) in [5.74, 6) is -4.00. The van der Waals surface area contributed by atoms with E-state index >= 15 is 0 Å². The SMILES string of the molecule is COC(=O)[C@H](CC(=O)O)NC(=O)[C@H](C)NC(=O)[C@@H](NC(=O)OCc1ccccc1)C(C)C. The fraction of sp³-hybridized carbons (Fsp3) is 0.476. The molecule has 0 bridgehead atoms. The lowest BCUT2D eigenvalue weighted by atomic mass is 10.0. The van der Waals surface area contributed by atoms with Crippen LogP contribution in [0.5, 0.6) is 0 Å². The number of carbonyl (C=O) groups is 5.